The monoisotopic (exact) mass is 649 g/mol. The van der Waals surface area contributed by atoms with Gasteiger partial charge in [0.1, 0.15) is 36.8 Å². The average Bonchev–Trinajstić information content (AvgIpc) is 3.53. The molecule has 3 heterocycles. The molecule has 2 aromatic carbocycles. The molecule has 0 saturated carbocycles. The quantitative estimate of drug-likeness (QED) is 0.181. The number of aromatic nitrogens is 4. The molecule has 0 unspecified atom stereocenters. The highest BCUT2D eigenvalue weighted by Crippen LogP contribution is 2.36. The third-order valence-corrected chi connectivity index (χ3v) is 7.42. The molecule has 39 heavy (non-hydrogen) atoms. The van der Waals surface area contributed by atoms with Crippen molar-refractivity contribution in [3.05, 3.63) is 60.7 Å². The molecule has 0 spiro atoms. The Morgan fingerprint density at radius 2 is 2.10 bits per heavy atom. The van der Waals surface area contributed by atoms with Crippen LogP contribution in [0.3, 0.4) is 0 Å². The summed E-state index contributed by atoms with van der Waals surface area (Å²) in [5, 5.41) is 10.5. The van der Waals surface area contributed by atoms with Crippen LogP contribution in [-0.2, 0) is 11.3 Å². The number of nitrogens with zero attached hydrogens (tertiary/aromatic N) is 5. The fraction of sp³-hybridized carbons (Fsp3) is 0.308. The minimum absolute atomic E-state index is 0.206. The van der Waals surface area contributed by atoms with Crippen molar-refractivity contribution in [3.63, 3.8) is 0 Å². The fourth-order valence-corrected chi connectivity index (χ4v) is 5.11. The molecule has 1 saturated heterocycles. The Labute approximate surface area is 237 Å². The lowest BCUT2D eigenvalue weighted by Gasteiger charge is -2.19. The van der Waals surface area contributed by atoms with E-state index in [0.717, 1.165) is 25.5 Å². The Bertz CT molecular complexity index is 1490. The molecule has 0 radical (unpaired) electrons. The van der Waals surface area contributed by atoms with Gasteiger partial charge in [-0.15, -0.1) is 0 Å². The topological polar surface area (TPSA) is 106 Å². The van der Waals surface area contributed by atoms with Gasteiger partial charge in [0.2, 0.25) is 5.91 Å². The Kier molecular flexibility index (Phi) is 8.35. The van der Waals surface area contributed by atoms with Gasteiger partial charge in [0.15, 0.2) is 11.6 Å². The minimum atomic E-state index is -1.12. The lowest BCUT2D eigenvalue weighted by atomic mass is 10.2. The lowest BCUT2D eigenvalue weighted by molar-refractivity contribution is -0.116. The predicted molar refractivity (Wildman–Crippen MR) is 150 cm³/mol. The zero-order valence-corrected chi connectivity index (χ0v) is 23.2. The van der Waals surface area contributed by atoms with Crippen LogP contribution in [0, 0.1) is 11.6 Å². The van der Waals surface area contributed by atoms with Gasteiger partial charge in [-0.25, -0.2) is 21.9 Å². The number of carbonyl (C=O) groups excluding carboxylic acids is 1. The number of rotatable bonds is 10. The number of nitrogens with one attached hydrogen (secondary N) is 2. The molecule has 10 nitrogen and oxygen atoms in total. The summed E-state index contributed by atoms with van der Waals surface area (Å²) >= 11 is 2.33. The van der Waals surface area contributed by atoms with E-state index >= 15 is 0 Å². The average molecular weight is 649 g/mol. The Hall–Kier alpha value is -3.59. The smallest absolute Gasteiger partial charge is 0.246 e. The molecule has 0 aliphatic carbocycles. The van der Waals surface area contributed by atoms with Crippen LogP contribution in [0.25, 0.3) is 10.9 Å². The SMILES string of the molecule is CCOc1cc(OC[C@H]2CCCN2I)c2c(Nc3cnn(CC(=O)Nc4cccc(F)c4F)c3)ncnc2c1. The number of hydrogen-bond donors (Lipinski definition) is 2. The van der Waals surface area contributed by atoms with Crippen molar-refractivity contribution in [2.45, 2.75) is 32.4 Å². The van der Waals surface area contributed by atoms with Gasteiger partial charge in [0.25, 0.3) is 0 Å². The van der Waals surface area contributed by atoms with Crippen LogP contribution in [0.15, 0.2) is 49.1 Å². The second-order valence-corrected chi connectivity index (χ2v) is 10.1. The summed E-state index contributed by atoms with van der Waals surface area (Å²) in [6.07, 6.45) is 6.78. The van der Waals surface area contributed by atoms with Crippen LogP contribution in [0.4, 0.5) is 26.0 Å². The highest BCUT2D eigenvalue weighted by atomic mass is 127. The number of fused-ring (bicyclic) bond motifs is 1. The number of ether oxygens (including phenoxy) is 2. The van der Waals surface area contributed by atoms with Crippen LogP contribution in [-0.4, -0.2) is 54.6 Å². The van der Waals surface area contributed by atoms with Crippen molar-refractivity contribution in [1.82, 2.24) is 22.9 Å². The van der Waals surface area contributed by atoms with E-state index in [1.807, 2.05) is 19.1 Å². The number of carbonyl (C=O) groups is 1. The van der Waals surface area contributed by atoms with Gasteiger partial charge < -0.3 is 20.1 Å². The molecule has 0 bridgehead atoms. The molecule has 13 heteroatoms. The molecule has 2 N–H and O–H groups in total. The van der Waals surface area contributed by atoms with Crippen LogP contribution < -0.4 is 20.1 Å². The summed E-state index contributed by atoms with van der Waals surface area (Å²) in [4.78, 5) is 21.2. The van der Waals surface area contributed by atoms with Crippen molar-refractivity contribution in [1.29, 1.82) is 0 Å². The Morgan fingerprint density at radius 1 is 1.23 bits per heavy atom. The second kappa shape index (κ2) is 12.1. The van der Waals surface area contributed by atoms with Gasteiger partial charge in [-0.1, -0.05) is 6.07 Å². The molecule has 1 atom stereocenters. The molecule has 4 aromatic rings. The normalized spacial score (nSPS) is 15.4. The van der Waals surface area contributed by atoms with E-state index in [0.29, 0.717) is 53.2 Å². The number of anilines is 3. The fourth-order valence-electron chi connectivity index (χ4n) is 4.33. The largest absolute Gasteiger partial charge is 0.494 e. The summed E-state index contributed by atoms with van der Waals surface area (Å²) in [6.45, 7) is 3.76. The van der Waals surface area contributed by atoms with E-state index < -0.39 is 17.5 Å². The standard InChI is InChI=1S/C26H26F2IN7O3/c1-2-38-18-9-21-24(22(10-18)39-14-17-5-4-8-36(17)29)26(31-15-30-21)33-16-11-32-35(12-16)13-23(37)34-20-7-3-6-19(27)25(20)28/h3,6-7,9-12,15,17H,2,4-5,8,13-14H2,1H3,(H,34,37)(H,30,31,33)/t17-/m1/s1. The zero-order chi connectivity index (χ0) is 27.4. The van der Waals surface area contributed by atoms with Gasteiger partial charge in [0.05, 0.1) is 41.1 Å². The van der Waals surface area contributed by atoms with E-state index in [4.69, 9.17) is 9.47 Å². The summed E-state index contributed by atoms with van der Waals surface area (Å²) in [6, 6.07) is 7.56. The van der Waals surface area contributed by atoms with Gasteiger partial charge >= 0.3 is 0 Å². The first kappa shape index (κ1) is 27.0. The summed E-state index contributed by atoms with van der Waals surface area (Å²) in [5.41, 5.74) is 0.976. The summed E-state index contributed by atoms with van der Waals surface area (Å²) < 4.78 is 43.0. The van der Waals surface area contributed by atoms with E-state index in [9.17, 15) is 13.6 Å². The maximum Gasteiger partial charge on any atom is 0.246 e. The predicted octanol–water partition coefficient (Wildman–Crippen LogP) is 5.08. The van der Waals surface area contributed by atoms with Gasteiger partial charge in [-0.05, 0) is 31.9 Å². The van der Waals surface area contributed by atoms with Crippen LogP contribution in [0.5, 0.6) is 11.5 Å². The van der Waals surface area contributed by atoms with E-state index in [1.165, 1.54) is 29.3 Å². The Balaban J connectivity index is 1.34. The second-order valence-electron chi connectivity index (χ2n) is 8.90. The van der Waals surface area contributed by atoms with Crippen molar-refractivity contribution < 1.29 is 23.0 Å². The van der Waals surface area contributed by atoms with Crippen LogP contribution >= 0.6 is 22.9 Å². The van der Waals surface area contributed by atoms with Gasteiger partial charge in [-0.3, -0.25) is 9.48 Å². The lowest BCUT2D eigenvalue weighted by Crippen LogP contribution is -2.26. The number of amides is 1. The third-order valence-electron chi connectivity index (χ3n) is 6.15. The Morgan fingerprint density at radius 3 is 2.90 bits per heavy atom. The zero-order valence-electron chi connectivity index (χ0n) is 21.0. The number of halogens is 3. The molecule has 1 aliphatic rings. The molecule has 1 aliphatic heterocycles. The molecule has 2 aromatic heterocycles. The van der Waals surface area contributed by atoms with Crippen molar-refractivity contribution in [3.8, 4) is 11.5 Å². The molecule has 5 rings (SSSR count). The molecule has 204 valence electrons. The molecular formula is C26H26F2IN7O3. The third kappa shape index (κ3) is 6.36. The van der Waals surface area contributed by atoms with Gasteiger partial charge in [0, 0.05) is 47.7 Å². The van der Waals surface area contributed by atoms with Crippen molar-refractivity contribution in [2.24, 2.45) is 0 Å². The van der Waals surface area contributed by atoms with Crippen LogP contribution in [0.2, 0.25) is 0 Å². The summed E-state index contributed by atoms with van der Waals surface area (Å²) in [7, 11) is 0. The molecular weight excluding hydrogens is 623 g/mol. The van der Waals surface area contributed by atoms with Crippen molar-refractivity contribution >= 4 is 56.9 Å². The van der Waals surface area contributed by atoms with Crippen molar-refractivity contribution in [2.75, 3.05) is 30.4 Å². The number of benzene rings is 2. The maximum atomic E-state index is 13.9. The highest BCUT2D eigenvalue weighted by Gasteiger charge is 2.24. The van der Waals surface area contributed by atoms with E-state index in [-0.39, 0.29) is 12.2 Å². The first-order valence-electron chi connectivity index (χ1n) is 12.4. The van der Waals surface area contributed by atoms with E-state index in [2.05, 4.69) is 51.7 Å². The van der Waals surface area contributed by atoms with Crippen LogP contribution in [0.1, 0.15) is 19.8 Å². The summed E-state index contributed by atoms with van der Waals surface area (Å²) in [5.74, 6) is -0.967. The number of hydrogen-bond acceptors (Lipinski definition) is 8. The molecule has 1 amide bonds. The van der Waals surface area contributed by atoms with Gasteiger partial charge in [-0.2, -0.15) is 5.10 Å². The molecule has 1 fully saturated rings. The minimum Gasteiger partial charge on any atom is -0.494 e. The first-order valence-corrected chi connectivity index (χ1v) is 13.4. The highest BCUT2D eigenvalue weighted by molar-refractivity contribution is 14.1. The maximum absolute atomic E-state index is 13.9. The first-order chi connectivity index (χ1) is 18.9. The van der Waals surface area contributed by atoms with E-state index in [1.54, 1.807) is 6.20 Å².